The summed E-state index contributed by atoms with van der Waals surface area (Å²) >= 11 is 0. The Bertz CT molecular complexity index is 218. The third-order valence-corrected chi connectivity index (χ3v) is 1.02. The van der Waals surface area contributed by atoms with Gasteiger partial charge in [0, 0.05) is 26.2 Å². The van der Waals surface area contributed by atoms with Crippen molar-refractivity contribution in [2.75, 3.05) is 0 Å². The van der Waals surface area contributed by atoms with Gasteiger partial charge in [-0.05, 0) is 12.1 Å². The second kappa shape index (κ2) is 13.0. The summed E-state index contributed by atoms with van der Waals surface area (Å²) in [5.41, 5.74) is 0.331. The molecule has 1 aromatic rings. The van der Waals surface area contributed by atoms with Gasteiger partial charge >= 0.3 is 5.97 Å². The van der Waals surface area contributed by atoms with E-state index in [9.17, 15) is 4.79 Å². The van der Waals surface area contributed by atoms with Gasteiger partial charge in [0.1, 0.15) is 0 Å². The molecule has 0 aliphatic heterocycles. The predicted octanol–water partition coefficient (Wildman–Crippen LogP) is 3.12. The Balaban J connectivity index is -0.000000101. The maximum absolute atomic E-state index is 10.2. The summed E-state index contributed by atoms with van der Waals surface area (Å²) in [5.74, 6) is -0.879. The number of carbonyl (C=O) groups is 1. The van der Waals surface area contributed by atoms with Crippen LogP contribution in [-0.2, 0) is 26.2 Å². The molecule has 0 saturated heterocycles. The van der Waals surface area contributed by atoms with Crippen molar-refractivity contribution in [2.45, 2.75) is 0 Å². The first-order chi connectivity index (χ1) is 4.30. The summed E-state index contributed by atoms with van der Waals surface area (Å²) < 4.78 is 0. The van der Waals surface area contributed by atoms with Crippen molar-refractivity contribution >= 4 is 56.9 Å². The Morgan fingerprint density at radius 2 is 1.38 bits per heavy atom. The SMILES string of the molecule is Br.Br.Br.O=C(O)c1ccccc1.[Zr]. The number of aromatic carboxylic acids is 1. The van der Waals surface area contributed by atoms with E-state index in [4.69, 9.17) is 5.11 Å². The minimum Gasteiger partial charge on any atom is -0.478 e. The van der Waals surface area contributed by atoms with Crippen molar-refractivity contribution in [3.8, 4) is 0 Å². The van der Waals surface area contributed by atoms with E-state index in [-0.39, 0.29) is 77.1 Å². The Labute approximate surface area is 128 Å². The third kappa shape index (κ3) is 9.32. The number of rotatable bonds is 1. The fourth-order valence-electron chi connectivity index (χ4n) is 0.581. The van der Waals surface area contributed by atoms with Crippen LogP contribution in [0.4, 0.5) is 0 Å². The van der Waals surface area contributed by atoms with Crippen LogP contribution in [0.5, 0.6) is 0 Å². The van der Waals surface area contributed by atoms with Gasteiger partial charge in [-0.15, -0.1) is 50.9 Å². The Kier molecular flexibility index (Phi) is 23.7. The van der Waals surface area contributed by atoms with Gasteiger partial charge < -0.3 is 5.11 Å². The molecule has 0 radical (unpaired) electrons. The van der Waals surface area contributed by atoms with Crippen molar-refractivity contribution in [3.05, 3.63) is 35.9 Å². The van der Waals surface area contributed by atoms with Gasteiger partial charge in [-0.1, -0.05) is 18.2 Å². The van der Waals surface area contributed by atoms with Crippen LogP contribution in [0.15, 0.2) is 30.3 Å². The van der Waals surface area contributed by atoms with E-state index < -0.39 is 5.97 Å². The maximum atomic E-state index is 10.2. The van der Waals surface area contributed by atoms with Gasteiger partial charge in [-0.25, -0.2) is 4.79 Å². The van der Waals surface area contributed by atoms with Crippen LogP contribution in [0.1, 0.15) is 10.4 Å². The number of carboxylic acid groups (broad SMARTS) is 1. The van der Waals surface area contributed by atoms with Crippen LogP contribution in [0.3, 0.4) is 0 Å². The molecule has 74 valence electrons. The van der Waals surface area contributed by atoms with E-state index >= 15 is 0 Å². The Morgan fingerprint density at radius 1 is 1.00 bits per heavy atom. The van der Waals surface area contributed by atoms with Gasteiger partial charge in [0.15, 0.2) is 0 Å². The summed E-state index contributed by atoms with van der Waals surface area (Å²) in [6, 6.07) is 8.30. The van der Waals surface area contributed by atoms with E-state index in [0.29, 0.717) is 5.56 Å². The number of benzene rings is 1. The first kappa shape index (κ1) is 23.7. The molecule has 0 bridgehead atoms. The molecule has 0 amide bonds. The molecular formula is C7H9Br3O2Zr. The Morgan fingerprint density at radius 3 is 1.62 bits per heavy atom. The maximum Gasteiger partial charge on any atom is 0.335 e. The summed E-state index contributed by atoms with van der Waals surface area (Å²) in [7, 11) is 0. The molecule has 0 atom stereocenters. The molecule has 0 aliphatic rings. The molecule has 0 aliphatic carbocycles. The molecule has 1 rings (SSSR count). The standard InChI is InChI=1S/C7H6O2.3BrH.Zr/c8-7(9)6-4-2-1-3-5-6;;;;/h1-5H,(H,8,9);3*1H;. The summed E-state index contributed by atoms with van der Waals surface area (Å²) in [4.78, 5) is 10.2. The molecule has 0 heterocycles. The third-order valence-electron chi connectivity index (χ3n) is 1.02. The fourth-order valence-corrected chi connectivity index (χ4v) is 0.581. The molecule has 13 heavy (non-hydrogen) atoms. The summed E-state index contributed by atoms with van der Waals surface area (Å²) in [6.45, 7) is 0. The molecule has 1 N–H and O–H groups in total. The molecule has 2 nitrogen and oxygen atoms in total. The first-order valence-corrected chi connectivity index (χ1v) is 2.59. The van der Waals surface area contributed by atoms with Crippen LogP contribution < -0.4 is 0 Å². The average molecular weight is 456 g/mol. The second-order valence-corrected chi connectivity index (χ2v) is 1.67. The zero-order valence-corrected chi connectivity index (χ0v) is 14.1. The number of hydrogen-bond donors (Lipinski definition) is 1. The topological polar surface area (TPSA) is 37.3 Å². The van der Waals surface area contributed by atoms with E-state index in [1.54, 1.807) is 30.3 Å². The molecule has 6 heteroatoms. The molecule has 0 aromatic heterocycles. The normalized spacial score (nSPS) is 6.15. The summed E-state index contributed by atoms with van der Waals surface area (Å²) in [6.07, 6.45) is 0. The molecule has 0 fully saturated rings. The average Bonchev–Trinajstić information content (AvgIpc) is 1.90. The predicted molar refractivity (Wildman–Crippen MR) is 64.4 cm³/mol. The zero-order chi connectivity index (χ0) is 6.69. The van der Waals surface area contributed by atoms with Gasteiger partial charge in [0.2, 0.25) is 0 Å². The van der Waals surface area contributed by atoms with E-state index in [1.807, 2.05) is 0 Å². The smallest absolute Gasteiger partial charge is 0.335 e. The van der Waals surface area contributed by atoms with E-state index in [2.05, 4.69) is 0 Å². The van der Waals surface area contributed by atoms with Crippen molar-refractivity contribution in [2.24, 2.45) is 0 Å². The van der Waals surface area contributed by atoms with Crippen LogP contribution in [0, 0.1) is 0 Å². The monoisotopic (exact) mass is 452 g/mol. The molecule has 0 unspecified atom stereocenters. The van der Waals surface area contributed by atoms with Crippen molar-refractivity contribution in [1.29, 1.82) is 0 Å². The fraction of sp³-hybridized carbons (Fsp3) is 0. The second-order valence-electron chi connectivity index (χ2n) is 1.67. The van der Waals surface area contributed by atoms with Crippen molar-refractivity contribution in [3.63, 3.8) is 0 Å². The van der Waals surface area contributed by atoms with Gasteiger partial charge in [-0.2, -0.15) is 0 Å². The van der Waals surface area contributed by atoms with Crippen molar-refractivity contribution < 1.29 is 36.1 Å². The van der Waals surface area contributed by atoms with E-state index in [1.165, 1.54) is 0 Å². The minimum absolute atomic E-state index is 0. The summed E-state index contributed by atoms with van der Waals surface area (Å²) in [5, 5.41) is 8.38. The van der Waals surface area contributed by atoms with Crippen LogP contribution in [0.25, 0.3) is 0 Å². The first-order valence-electron chi connectivity index (χ1n) is 2.59. The largest absolute Gasteiger partial charge is 0.478 e. The number of hydrogen-bond acceptors (Lipinski definition) is 1. The Hall–Kier alpha value is 1.01. The van der Waals surface area contributed by atoms with Gasteiger partial charge in [0.05, 0.1) is 5.56 Å². The molecule has 0 saturated carbocycles. The zero-order valence-electron chi connectivity index (χ0n) is 6.47. The van der Waals surface area contributed by atoms with Crippen molar-refractivity contribution in [1.82, 2.24) is 0 Å². The van der Waals surface area contributed by atoms with Crippen LogP contribution >= 0.6 is 50.9 Å². The minimum atomic E-state index is -0.879. The van der Waals surface area contributed by atoms with Crippen LogP contribution in [-0.4, -0.2) is 11.1 Å². The quantitative estimate of drug-likeness (QED) is 0.706. The van der Waals surface area contributed by atoms with Gasteiger partial charge in [-0.3, -0.25) is 0 Å². The van der Waals surface area contributed by atoms with E-state index in [0.717, 1.165) is 0 Å². The molecular weight excluding hydrogens is 447 g/mol. The molecule has 0 spiro atoms. The number of carboxylic acids is 1. The molecule has 1 aromatic carbocycles. The van der Waals surface area contributed by atoms with Crippen LogP contribution in [0.2, 0.25) is 0 Å². The van der Waals surface area contributed by atoms with Gasteiger partial charge in [0.25, 0.3) is 0 Å². The number of halogens is 3.